The van der Waals surface area contributed by atoms with Gasteiger partial charge in [0.25, 0.3) is 0 Å². The first kappa shape index (κ1) is 17.8. The average molecular weight is 376 g/mol. The molecule has 1 aliphatic heterocycles. The third kappa shape index (κ3) is 3.95. The van der Waals surface area contributed by atoms with Gasteiger partial charge in [0.15, 0.2) is 5.75 Å². The second-order valence-electron chi connectivity index (χ2n) is 5.53. The van der Waals surface area contributed by atoms with E-state index in [1.807, 2.05) is 6.07 Å². The number of aliphatic hydroxyl groups excluding tert-OH is 1. The summed E-state index contributed by atoms with van der Waals surface area (Å²) >= 11 is 0. The molecule has 0 saturated carbocycles. The van der Waals surface area contributed by atoms with Gasteiger partial charge in [-0.05, 0) is 18.2 Å². The number of nitrogens with one attached hydrogen (secondary N) is 2. The van der Waals surface area contributed by atoms with Crippen molar-refractivity contribution in [2.24, 2.45) is 0 Å². The van der Waals surface area contributed by atoms with E-state index in [9.17, 15) is 18.3 Å². The fraction of sp³-hybridized carbons (Fsp3) is 0.118. The Labute approximate surface area is 150 Å². The van der Waals surface area contributed by atoms with E-state index in [1.54, 1.807) is 24.3 Å². The number of rotatable bonds is 6. The lowest BCUT2D eigenvalue weighted by Crippen LogP contribution is -2.22. The molecule has 0 saturated heterocycles. The largest absolute Gasteiger partial charge is 0.463 e. The molecular formula is C17H16N2O6S. The van der Waals surface area contributed by atoms with E-state index in [-0.39, 0.29) is 22.9 Å². The molecule has 0 aromatic heterocycles. The molecule has 3 N–H and O–H groups in total. The molecule has 2 aromatic carbocycles. The summed E-state index contributed by atoms with van der Waals surface area (Å²) in [6.07, 6.45) is 1.46. The van der Waals surface area contributed by atoms with Gasteiger partial charge in [-0.1, -0.05) is 18.2 Å². The molecule has 1 amide bonds. The van der Waals surface area contributed by atoms with E-state index in [1.165, 1.54) is 18.4 Å². The quantitative estimate of drug-likeness (QED) is 0.663. The van der Waals surface area contributed by atoms with Gasteiger partial charge < -0.3 is 19.9 Å². The first-order valence-electron chi connectivity index (χ1n) is 7.51. The van der Waals surface area contributed by atoms with Crippen LogP contribution in [-0.2, 0) is 14.8 Å². The highest BCUT2D eigenvalue weighted by molar-refractivity contribution is 7.92. The van der Waals surface area contributed by atoms with Crippen molar-refractivity contribution in [1.82, 2.24) is 5.32 Å². The maximum atomic E-state index is 11.7. The lowest BCUT2D eigenvalue weighted by molar-refractivity contribution is -0.109. The Morgan fingerprint density at radius 2 is 1.96 bits per heavy atom. The molecule has 8 nitrogen and oxygen atoms in total. The Morgan fingerprint density at radius 3 is 2.62 bits per heavy atom. The summed E-state index contributed by atoms with van der Waals surface area (Å²) in [6, 6.07) is 11.6. The third-order valence-corrected chi connectivity index (χ3v) is 4.10. The molecule has 1 aliphatic rings. The third-order valence-electron chi connectivity index (χ3n) is 3.51. The van der Waals surface area contributed by atoms with E-state index in [0.717, 1.165) is 6.26 Å². The molecule has 0 spiro atoms. The van der Waals surface area contributed by atoms with Crippen LogP contribution >= 0.6 is 0 Å². The molecule has 1 unspecified atom stereocenters. The highest BCUT2D eigenvalue weighted by atomic mass is 32.2. The summed E-state index contributed by atoms with van der Waals surface area (Å²) in [5, 5.41) is 12.8. The van der Waals surface area contributed by atoms with Gasteiger partial charge in [0.2, 0.25) is 16.4 Å². The molecule has 0 radical (unpaired) electrons. The smallest absolute Gasteiger partial charge is 0.229 e. The van der Waals surface area contributed by atoms with Crippen molar-refractivity contribution in [2.45, 2.75) is 6.10 Å². The Balaban J connectivity index is 2.05. The normalized spacial score (nSPS) is 15.9. The molecule has 0 aliphatic carbocycles. The number of anilines is 1. The number of benzene rings is 2. The molecule has 2 aromatic rings. The van der Waals surface area contributed by atoms with Crippen molar-refractivity contribution in [3.8, 4) is 17.2 Å². The van der Waals surface area contributed by atoms with E-state index in [0.29, 0.717) is 17.7 Å². The maximum absolute atomic E-state index is 11.7. The minimum absolute atomic E-state index is 0.155. The molecule has 136 valence electrons. The van der Waals surface area contributed by atoms with E-state index in [4.69, 9.17) is 9.47 Å². The molecular weight excluding hydrogens is 360 g/mol. The van der Waals surface area contributed by atoms with Crippen molar-refractivity contribution in [1.29, 1.82) is 0 Å². The number of hydrogen-bond donors (Lipinski definition) is 3. The Kier molecular flexibility index (Phi) is 4.83. The van der Waals surface area contributed by atoms with Crippen LogP contribution in [0, 0.1) is 0 Å². The number of para-hydroxylation sites is 1. The van der Waals surface area contributed by atoms with E-state index < -0.39 is 16.1 Å². The predicted octanol–water partition coefficient (Wildman–Crippen LogP) is 1.86. The first-order chi connectivity index (χ1) is 12.4. The molecule has 1 heterocycles. The maximum Gasteiger partial charge on any atom is 0.229 e. The number of fused-ring (bicyclic) bond motifs is 1. The first-order valence-corrected chi connectivity index (χ1v) is 9.40. The summed E-state index contributed by atoms with van der Waals surface area (Å²) in [7, 11) is -3.57. The van der Waals surface area contributed by atoms with Crippen molar-refractivity contribution < 1.29 is 27.8 Å². The van der Waals surface area contributed by atoms with Gasteiger partial charge >= 0.3 is 0 Å². The summed E-state index contributed by atoms with van der Waals surface area (Å²) < 4.78 is 36.8. The van der Waals surface area contributed by atoms with Crippen LogP contribution < -0.4 is 19.5 Å². The minimum Gasteiger partial charge on any atom is -0.463 e. The number of hydrogen-bond acceptors (Lipinski definition) is 6. The molecule has 0 bridgehead atoms. The Morgan fingerprint density at radius 1 is 1.23 bits per heavy atom. The number of sulfonamides is 1. The van der Waals surface area contributed by atoms with E-state index >= 15 is 0 Å². The van der Waals surface area contributed by atoms with Gasteiger partial charge in [-0.15, -0.1) is 0 Å². The van der Waals surface area contributed by atoms with Crippen LogP contribution in [0.5, 0.6) is 17.2 Å². The number of carbonyl (C=O) groups is 1. The Hall–Kier alpha value is -3.04. The highest BCUT2D eigenvalue weighted by Crippen LogP contribution is 2.42. The van der Waals surface area contributed by atoms with Gasteiger partial charge in [0.05, 0.1) is 17.6 Å². The van der Waals surface area contributed by atoms with Crippen LogP contribution in [0.1, 0.15) is 11.7 Å². The van der Waals surface area contributed by atoms with Gasteiger partial charge in [0, 0.05) is 11.6 Å². The van der Waals surface area contributed by atoms with Gasteiger partial charge in [0.1, 0.15) is 23.9 Å². The van der Waals surface area contributed by atoms with Crippen LogP contribution in [0.2, 0.25) is 0 Å². The molecule has 26 heavy (non-hydrogen) atoms. The van der Waals surface area contributed by atoms with Crippen LogP contribution in [-0.4, -0.2) is 26.2 Å². The lowest BCUT2D eigenvalue weighted by Gasteiger charge is -2.24. The molecule has 3 rings (SSSR count). The fourth-order valence-corrected chi connectivity index (χ4v) is 2.97. The van der Waals surface area contributed by atoms with Crippen molar-refractivity contribution in [3.05, 3.63) is 60.0 Å². The highest BCUT2D eigenvalue weighted by Gasteiger charge is 2.26. The summed E-state index contributed by atoms with van der Waals surface area (Å²) in [5.74, 6) is 0.896. The lowest BCUT2D eigenvalue weighted by atomic mass is 10.0. The number of aliphatic hydroxyl groups is 1. The monoisotopic (exact) mass is 376 g/mol. The molecule has 0 fully saturated rings. The molecule has 1 atom stereocenters. The standard InChI is InChI=1S/C17H16N2O6S/c1-26(22,23)19-13-8-15-12(17(21)14(9-24-15)18-10-20)7-16(13)25-11-5-3-2-4-6-11/h2-10,17,19,21H,1H3,(H,18,20). The van der Waals surface area contributed by atoms with Crippen molar-refractivity contribution in [2.75, 3.05) is 11.0 Å². The van der Waals surface area contributed by atoms with Crippen molar-refractivity contribution >= 4 is 22.1 Å². The number of carbonyl (C=O) groups excluding carboxylic acids is 1. The Bertz CT molecular complexity index is 957. The number of amides is 1. The summed E-state index contributed by atoms with van der Waals surface area (Å²) in [5.41, 5.74) is 0.631. The van der Waals surface area contributed by atoms with Crippen molar-refractivity contribution in [3.63, 3.8) is 0 Å². The zero-order valence-electron chi connectivity index (χ0n) is 13.7. The zero-order chi connectivity index (χ0) is 18.7. The van der Waals surface area contributed by atoms with Gasteiger partial charge in [-0.25, -0.2) is 8.42 Å². The topological polar surface area (TPSA) is 114 Å². The zero-order valence-corrected chi connectivity index (χ0v) is 14.5. The van der Waals surface area contributed by atoms with Crippen LogP contribution in [0.25, 0.3) is 0 Å². The van der Waals surface area contributed by atoms with E-state index in [2.05, 4.69) is 10.0 Å². The predicted molar refractivity (Wildman–Crippen MR) is 94.3 cm³/mol. The van der Waals surface area contributed by atoms with Gasteiger partial charge in [-0.3, -0.25) is 9.52 Å². The SMILES string of the molecule is CS(=O)(=O)Nc1cc2c(cc1Oc1ccccc1)C(O)C(NC=O)=CO2. The average Bonchev–Trinajstić information content (AvgIpc) is 2.58. The van der Waals surface area contributed by atoms with Crippen LogP contribution in [0.4, 0.5) is 5.69 Å². The fourth-order valence-electron chi connectivity index (χ4n) is 2.41. The summed E-state index contributed by atoms with van der Waals surface area (Å²) in [4.78, 5) is 10.6. The second-order valence-corrected chi connectivity index (χ2v) is 7.28. The molecule has 9 heteroatoms. The number of ether oxygens (including phenoxy) is 2. The van der Waals surface area contributed by atoms with Gasteiger partial charge in [-0.2, -0.15) is 0 Å². The summed E-state index contributed by atoms with van der Waals surface area (Å²) in [6.45, 7) is 0. The minimum atomic E-state index is -3.57. The van der Waals surface area contributed by atoms with Crippen LogP contribution in [0.3, 0.4) is 0 Å². The van der Waals surface area contributed by atoms with Crippen LogP contribution in [0.15, 0.2) is 54.4 Å². The second kappa shape index (κ2) is 7.06.